The molecule has 0 aromatic heterocycles. The van der Waals surface area contributed by atoms with Gasteiger partial charge in [-0.05, 0) is 37.2 Å². The Morgan fingerprint density at radius 1 is 1.38 bits per heavy atom. The molecule has 0 bridgehead atoms. The summed E-state index contributed by atoms with van der Waals surface area (Å²) in [6.45, 7) is 0. The number of ether oxygens (including phenoxy) is 1. The molecule has 1 fully saturated rings. The molecule has 0 heterocycles. The monoisotopic (exact) mass is 293 g/mol. The quantitative estimate of drug-likeness (QED) is 0.523. The van der Waals surface area contributed by atoms with Crippen molar-refractivity contribution in [1.82, 2.24) is 0 Å². The molecular weight excluding hydrogens is 274 g/mol. The minimum absolute atomic E-state index is 0.0243. The second kappa shape index (κ2) is 6.22. The minimum atomic E-state index is -0.982. The van der Waals surface area contributed by atoms with Gasteiger partial charge < -0.3 is 9.84 Å². The van der Waals surface area contributed by atoms with Gasteiger partial charge in [0.15, 0.2) is 0 Å². The molecule has 1 N–H and O–H groups in total. The van der Waals surface area contributed by atoms with Crippen LogP contribution in [0.15, 0.2) is 24.3 Å². The van der Waals surface area contributed by atoms with Crippen LogP contribution in [0.4, 0.5) is 5.69 Å². The van der Waals surface area contributed by atoms with Gasteiger partial charge in [-0.25, -0.2) is 0 Å². The fraction of sp³-hybridized carbons (Fsp3) is 0.533. The zero-order valence-corrected chi connectivity index (χ0v) is 11.9. The maximum absolute atomic E-state index is 11.3. The third-order valence-corrected chi connectivity index (χ3v) is 4.19. The first-order valence-electron chi connectivity index (χ1n) is 6.97. The Labute approximate surface area is 122 Å². The van der Waals surface area contributed by atoms with E-state index in [0.717, 1.165) is 18.4 Å². The Bertz CT molecular complexity index is 517. The van der Waals surface area contributed by atoms with Crippen molar-refractivity contribution in [1.29, 1.82) is 0 Å². The maximum Gasteiger partial charge on any atom is 0.308 e. The van der Waals surface area contributed by atoms with E-state index in [4.69, 9.17) is 0 Å². The van der Waals surface area contributed by atoms with E-state index in [2.05, 4.69) is 4.74 Å². The second-order valence-corrected chi connectivity index (χ2v) is 5.60. The van der Waals surface area contributed by atoms with E-state index in [-0.39, 0.29) is 18.0 Å². The number of rotatable bonds is 4. The normalized spacial score (nSPS) is 25.3. The van der Waals surface area contributed by atoms with Crippen molar-refractivity contribution >= 4 is 11.7 Å². The number of carbonyl (C=O) groups is 1. The zero-order chi connectivity index (χ0) is 15.5. The molecule has 1 aliphatic carbocycles. The Morgan fingerprint density at radius 3 is 2.43 bits per heavy atom. The summed E-state index contributed by atoms with van der Waals surface area (Å²) in [5, 5.41) is 21.0. The lowest BCUT2D eigenvalue weighted by Crippen LogP contribution is -2.36. The van der Waals surface area contributed by atoms with E-state index in [0.29, 0.717) is 12.8 Å². The van der Waals surface area contributed by atoms with Crippen LogP contribution in [-0.2, 0) is 9.53 Å². The topological polar surface area (TPSA) is 89.7 Å². The minimum Gasteiger partial charge on any atom is -0.469 e. The number of nitro benzene ring substituents is 1. The Hall–Kier alpha value is -1.95. The number of methoxy groups -OCH3 is 1. The third kappa shape index (κ3) is 3.78. The van der Waals surface area contributed by atoms with Gasteiger partial charge in [0.25, 0.3) is 5.69 Å². The third-order valence-electron chi connectivity index (χ3n) is 4.19. The van der Waals surface area contributed by atoms with Crippen molar-refractivity contribution < 1.29 is 19.6 Å². The van der Waals surface area contributed by atoms with Crippen molar-refractivity contribution in [3.63, 3.8) is 0 Å². The number of non-ortho nitro benzene ring substituents is 1. The molecule has 0 aliphatic heterocycles. The first-order valence-corrected chi connectivity index (χ1v) is 6.97. The van der Waals surface area contributed by atoms with Gasteiger partial charge in [-0.15, -0.1) is 0 Å². The standard InChI is InChI=1S/C15H19NO5/c1-21-14(17)10-15(18)8-6-12(7-9-15)11-2-4-13(5-3-11)16(19)20/h2-5,12,18H,6-10H2,1H3/t12-,15+. The fourth-order valence-electron chi connectivity index (χ4n) is 2.87. The summed E-state index contributed by atoms with van der Waals surface area (Å²) in [4.78, 5) is 21.5. The molecular formula is C15H19NO5. The summed E-state index contributed by atoms with van der Waals surface area (Å²) in [5.74, 6) is -0.130. The van der Waals surface area contributed by atoms with Crippen molar-refractivity contribution in [2.75, 3.05) is 7.11 Å². The van der Waals surface area contributed by atoms with Crippen molar-refractivity contribution in [3.8, 4) is 0 Å². The SMILES string of the molecule is COC(=O)C[C@]1(O)CC[C@@H](c2ccc([N+](=O)[O-])cc2)CC1. The molecule has 1 saturated carbocycles. The highest BCUT2D eigenvalue weighted by molar-refractivity contribution is 5.70. The molecule has 21 heavy (non-hydrogen) atoms. The average Bonchev–Trinajstić information content (AvgIpc) is 2.47. The van der Waals surface area contributed by atoms with Crippen molar-refractivity contribution in [2.45, 2.75) is 43.6 Å². The lowest BCUT2D eigenvalue weighted by atomic mass is 9.75. The van der Waals surface area contributed by atoms with E-state index in [1.807, 2.05) is 0 Å². The summed E-state index contributed by atoms with van der Waals surface area (Å²) in [6.07, 6.45) is 2.60. The Balaban J connectivity index is 1.97. The lowest BCUT2D eigenvalue weighted by molar-refractivity contribution is -0.384. The van der Waals surface area contributed by atoms with E-state index in [1.165, 1.54) is 19.2 Å². The lowest BCUT2D eigenvalue weighted by Gasteiger charge is -2.35. The number of hydrogen-bond acceptors (Lipinski definition) is 5. The number of carbonyl (C=O) groups excluding carboxylic acids is 1. The molecule has 1 aliphatic rings. The Morgan fingerprint density at radius 2 is 1.95 bits per heavy atom. The van der Waals surface area contributed by atoms with E-state index in [1.54, 1.807) is 12.1 Å². The fourth-order valence-corrected chi connectivity index (χ4v) is 2.87. The van der Waals surface area contributed by atoms with Crippen LogP contribution >= 0.6 is 0 Å². The summed E-state index contributed by atoms with van der Waals surface area (Å²) in [6, 6.07) is 6.55. The number of benzene rings is 1. The summed E-state index contributed by atoms with van der Waals surface area (Å²) >= 11 is 0. The number of hydrogen-bond donors (Lipinski definition) is 1. The van der Waals surface area contributed by atoms with E-state index < -0.39 is 16.5 Å². The van der Waals surface area contributed by atoms with E-state index >= 15 is 0 Å². The largest absolute Gasteiger partial charge is 0.469 e. The van der Waals surface area contributed by atoms with Crippen LogP contribution < -0.4 is 0 Å². The molecule has 0 spiro atoms. The number of nitrogens with zero attached hydrogens (tertiary/aromatic N) is 1. The number of aliphatic hydroxyl groups is 1. The smallest absolute Gasteiger partial charge is 0.308 e. The molecule has 0 radical (unpaired) electrons. The van der Waals surface area contributed by atoms with Gasteiger partial charge >= 0.3 is 5.97 Å². The van der Waals surface area contributed by atoms with Gasteiger partial charge in [0.2, 0.25) is 0 Å². The van der Waals surface area contributed by atoms with Crippen LogP contribution in [-0.4, -0.2) is 28.7 Å². The summed E-state index contributed by atoms with van der Waals surface area (Å²) in [7, 11) is 1.31. The number of nitro groups is 1. The van der Waals surface area contributed by atoms with Gasteiger partial charge in [-0.3, -0.25) is 14.9 Å². The molecule has 6 heteroatoms. The molecule has 2 rings (SSSR count). The van der Waals surface area contributed by atoms with Crippen molar-refractivity contribution in [3.05, 3.63) is 39.9 Å². The predicted octanol–water partition coefficient (Wildman–Crippen LogP) is 2.55. The van der Waals surface area contributed by atoms with Crippen molar-refractivity contribution in [2.24, 2.45) is 0 Å². The van der Waals surface area contributed by atoms with Crippen LogP contribution in [0.25, 0.3) is 0 Å². The van der Waals surface area contributed by atoms with Gasteiger partial charge in [-0.2, -0.15) is 0 Å². The van der Waals surface area contributed by atoms with Crippen LogP contribution in [0.5, 0.6) is 0 Å². The second-order valence-electron chi connectivity index (χ2n) is 5.60. The average molecular weight is 293 g/mol. The van der Waals surface area contributed by atoms with Crippen LogP contribution in [0.2, 0.25) is 0 Å². The van der Waals surface area contributed by atoms with Crippen LogP contribution in [0.1, 0.15) is 43.6 Å². The van der Waals surface area contributed by atoms with Gasteiger partial charge in [0, 0.05) is 12.1 Å². The van der Waals surface area contributed by atoms with Crippen LogP contribution in [0, 0.1) is 10.1 Å². The van der Waals surface area contributed by atoms with E-state index in [9.17, 15) is 20.0 Å². The van der Waals surface area contributed by atoms with Gasteiger partial charge in [-0.1, -0.05) is 12.1 Å². The summed E-state index contributed by atoms with van der Waals surface area (Å²) in [5.41, 5.74) is 0.141. The van der Waals surface area contributed by atoms with Gasteiger partial charge in [0.1, 0.15) is 0 Å². The highest BCUT2D eigenvalue weighted by Crippen LogP contribution is 2.39. The highest BCUT2D eigenvalue weighted by Gasteiger charge is 2.36. The highest BCUT2D eigenvalue weighted by atomic mass is 16.6. The molecule has 6 nitrogen and oxygen atoms in total. The molecule has 0 amide bonds. The summed E-state index contributed by atoms with van der Waals surface area (Å²) < 4.78 is 4.60. The first-order chi connectivity index (χ1) is 9.93. The zero-order valence-electron chi connectivity index (χ0n) is 11.9. The number of esters is 1. The Kier molecular flexibility index (Phi) is 4.57. The van der Waals surface area contributed by atoms with Crippen LogP contribution in [0.3, 0.4) is 0 Å². The maximum atomic E-state index is 11.3. The first kappa shape index (κ1) is 15.4. The molecule has 0 saturated heterocycles. The molecule has 1 aromatic rings. The van der Waals surface area contributed by atoms with Gasteiger partial charge in [0.05, 0.1) is 24.1 Å². The predicted molar refractivity (Wildman–Crippen MR) is 75.9 cm³/mol. The molecule has 0 unspecified atom stereocenters. The molecule has 0 atom stereocenters. The molecule has 114 valence electrons. The molecule has 1 aromatic carbocycles.